The largest absolute Gasteiger partial charge is 0.381 e. The van der Waals surface area contributed by atoms with Crippen molar-refractivity contribution in [1.82, 2.24) is 24.7 Å². The maximum atomic E-state index is 5.67. The zero-order valence-electron chi connectivity index (χ0n) is 11.5. The molecule has 2 rings (SSSR count). The lowest BCUT2D eigenvalue weighted by Gasteiger charge is -2.07. The molecule has 0 fully saturated rings. The summed E-state index contributed by atoms with van der Waals surface area (Å²) in [5.74, 6) is 1.00. The molecule has 2 heterocycles. The maximum Gasteiger partial charge on any atom is 0.257 e. The van der Waals surface area contributed by atoms with Crippen LogP contribution in [0.5, 0.6) is 0 Å². The Morgan fingerprint density at radius 2 is 2.20 bits per heavy atom. The number of ether oxygens (including phenoxy) is 1. The lowest BCUT2D eigenvalue weighted by Crippen LogP contribution is -2.13. The fourth-order valence-electron chi connectivity index (χ4n) is 1.57. The van der Waals surface area contributed by atoms with Crippen LogP contribution in [0.4, 0.5) is 11.9 Å². The molecule has 0 bridgehead atoms. The molecule has 0 saturated carbocycles. The van der Waals surface area contributed by atoms with Gasteiger partial charge in [-0.15, -0.1) is 0 Å². The maximum absolute atomic E-state index is 5.67. The molecule has 0 radical (unpaired) electrons. The quantitative estimate of drug-likeness (QED) is 0.690. The zero-order chi connectivity index (χ0) is 14.2. The van der Waals surface area contributed by atoms with Crippen molar-refractivity contribution < 1.29 is 4.74 Å². The molecule has 8 heteroatoms. The van der Waals surface area contributed by atoms with E-state index < -0.39 is 0 Å². The first kappa shape index (κ1) is 14.2. The summed E-state index contributed by atoms with van der Waals surface area (Å²) in [6.45, 7) is 4.31. The molecule has 0 amide bonds. The standard InChI is InChI=1S/C12H19N7O/c1-2-8-20-9-4-5-14-11-16-10(13)17-12(18-11)19-7-3-6-15-19/h3,6-7H,2,4-5,8-9H2,1H3,(H3,13,14,16,17,18). The Kier molecular flexibility index (Phi) is 5.24. The van der Waals surface area contributed by atoms with E-state index in [1.54, 1.807) is 18.5 Å². The Morgan fingerprint density at radius 3 is 2.95 bits per heavy atom. The van der Waals surface area contributed by atoms with Crippen molar-refractivity contribution in [3.8, 4) is 5.95 Å². The second kappa shape index (κ2) is 7.39. The van der Waals surface area contributed by atoms with Crippen molar-refractivity contribution in [3.05, 3.63) is 18.5 Å². The number of aromatic nitrogens is 5. The van der Waals surface area contributed by atoms with Crippen molar-refractivity contribution in [2.45, 2.75) is 19.8 Å². The summed E-state index contributed by atoms with van der Waals surface area (Å²) in [5.41, 5.74) is 5.67. The first-order chi connectivity index (χ1) is 9.79. The van der Waals surface area contributed by atoms with Gasteiger partial charge in [0.2, 0.25) is 11.9 Å². The number of nitrogen functional groups attached to an aromatic ring is 1. The summed E-state index contributed by atoms with van der Waals surface area (Å²) in [6.07, 6.45) is 5.31. The van der Waals surface area contributed by atoms with Gasteiger partial charge in [0, 0.05) is 32.2 Å². The highest BCUT2D eigenvalue weighted by Gasteiger charge is 2.05. The Labute approximate surface area is 117 Å². The van der Waals surface area contributed by atoms with Crippen LogP contribution in [-0.2, 0) is 4.74 Å². The van der Waals surface area contributed by atoms with E-state index in [2.05, 4.69) is 32.3 Å². The van der Waals surface area contributed by atoms with Gasteiger partial charge >= 0.3 is 0 Å². The average molecular weight is 277 g/mol. The lowest BCUT2D eigenvalue weighted by atomic mass is 10.4. The van der Waals surface area contributed by atoms with Crippen molar-refractivity contribution in [3.63, 3.8) is 0 Å². The van der Waals surface area contributed by atoms with Crippen LogP contribution in [0.15, 0.2) is 18.5 Å². The minimum atomic E-state index is 0.162. The molecule has 0 aliphatic rings. The van der Waals surface area contributed by atoms with Gasteiger partial charge in [-0.1, -0.05) is 6.92 Å². The third-order valence-electron chi connectivity index (χ3n) is 2.45. The molecule has 0 aromatic carbocycles. The molecule has 0 spiro atoms. The highest BCUT2D eigenvalue weighted by molar-refractivity contribution is 5.34. The van der Waals surface area contributed by atoms with Gasteiger partial charge in [-0.05, 0) is 18.9 Å². The van der Waals surface area contributed by atoms with Crippen LogP contribution in [0, 0.1) is 0 Å². The second-order valence-corrected chi connectivity index (χ2v) is 4.16. The Morgan fingerprint density at radius 1 is 1.30 bits per heavy atom. The van der Waals surface area contributed by atoms with Crippen molar-refractivity contribution in [2.24, 2.45) is 0 Å². The molecule has 0 aliphatic carbocycles. The molecule has 108 valence electrons. The highest BCUT2D eigenvalue weighted by atomic mass is 16.5. The van der Waals surface area contributed by atoms with Gasteiger partial charge in [0.1, 0.15) is 0 Å². The molecule has 0 unspecified atom stereocenters. The number of hydrogen-bond acceptors (Lipinski definition) is 7. The fraction of sp³-hybridized carbons (Fsp3) is 0.500. The number of hydrogen-bond donors (Lipinski definition) is 2. The average Bonchev–Trinajstić information content (AvgIpc) is 2.96. The summed E-state index contributed by atoms with van der Waals surface area (Å²) >= 11 is 0. The smallest absolute Gasteiger partial charge is 0.257 e. The Balaban J connectivity index is 1.88. The van der Waals surface area contributed by atoms with E-state index in [-0.39, 0.29) is 5.95 Å². The summed E-state index contributed by atoms with van der Waals surface area (Å²) < 4.78 is 6.93. The Hall–Kier alpha value is -2.22. The van der Waals surface area contributed by atoms with E-state index in [1.165, 1.54) is 4.68 Å². The van der Waals surface area contributed by atoms with E-state index in [0.717, 1.165) is 19.4 Å². The van der Waals surface area contributed by atoms with Gasteiger partial charge in [0.05, 0.1) is 0 Å². The van der Waals surface area contributed by atoms with Crippen LogP contribution in [0.25, 0.3) is 5.95 Å². The number of anilines is 2. The monoisotopic (exact) mass is 277 g/mol. The van der Waals surface area contributed by atoms with Crippen LogP contribution in [0.2, 0.25) is 0 Å². The Bertz CT molecular complexity index is 515. The SMILES string of the molecule is CCCOCCCNc1nc(N)nc(-n2cccn2)n1. The van der Waals surface area contributed by atoms with Crippen LogP contribution in [0.3, 0.4) is 0 Å². The van der Waals surface area contributed by atoms with Gasteiger partial charge in [-0.2, -0.15) is 20.1 Å². The molecule has 3 N–H and O–H groups in total. The number of nitrogens with one attached hydrogen (secondary N) is 1. The summed E-state index contributed by atoms with van der Waals surface area (Å²) in [4.78, 5) is 12.3. The zero-order valence-corrected chi connectivity index (χ0v) is 11.5. The first-order valence-corrected chi connectivity index (χ1v) is 6.62. The third-order valence-corrected chi connectivity index (χ3v) is 2.45. The fourth-order valence-corrected chi connectivity index (χ4v) is 1.57. The van der Waals surface area contributed by atoms with Gasteiger partial charge in [-0.3, -0.25) is 0 Å². The predicted octanol–water partition coefficient (Wildman–Crippen LogP) is 0.868. The van der Waals surface area contributed by atoms with E-state index in [0.29, 0.717) is 25.0 Å². The lowest BCUT2D eigenvalue weighted by molar-refractivity contribution is 0.134. The molecule has 0 atom stereocenters. The van der Waals surface area contributed by atoms with Gasteiger partial charge < -0.3 is 15.8 Å². The molecule has 2 aromatic rings. The van der Waals surface area contributed by atoms with Crippen molar-refractivity contribution in [2.75, 3.05) is 30.8 Å². The molecule has 20 heavy (non-hydrogen) atoms. The van der Waals surface area contributed by atoms with Gasteiger partial charge in [0.15, 0.2) is 0 Å². The summed E-state index contributed by atoms with van der Waals surface area (Å²) in [7, 11) is 0. The highest BCUT2D eigenvalue weighted by Crippen LogP contribution is 2.06. The molecular weight excluding hydrogens is 258 g/mol. The number of nitrogens with two attached hydrogens (primary N) is 1. The second-order valence-electron chi connectivity index (χ2n) is 4.16. The van der Waals surface area contributed by atoms with Gasteiger partial charge in [-0.25, -0.2) is 4.68 Å². The van der Waals surface area contributed by atoms with Crippen LogP contribution in [-0.4, -0.2) is 44.5 Å². The van der Waals surface area contributed by atoms with E-state index in [4.69, 9.17) is 10.5 Å². The van der Waals surface area contributed by atoms with E-state index in [1.807, 2.05) is 0 Å². The summed E-state index contributed by atoms with van der Waals surface area (Å²) in [5, 5.41) is 7.16. The molecule has 8 nitrogen and oxygen atoms in total. The van der Waals surface area contributed by atoms with E-state index >= 15 is 0 Å². The normalized spacial score (nSPS) is 10.7. The third kappa shape index (κ3) is 4.16. The van der Waals surface area contributed by atoms with Crippen LogP contribution < -0.4 is 11.1 Å². The first-order valence-electron chi connectivity index (χ1n) is 6.62. The number of nitrogens with zero attached hydrogens (tertiary/aromatic N) is 5. The minimum absolute atomic E-state index is 0.162. The van der Waals surface area contributed by atoms with Crippen molar-refractivity contribution >= 4 is 11.9 Å². The minimum Gasteiger partial charge on any atom is -0.381 e. The topological polar surface area (TPSA) is 104 Å². The van der Waals surface area contributed by atoms with Crippen molar-refractivity contribution in [1.29, 1.82) is 0 Å². The van der Waals surface area contributed by atoms with Crippen LogP contribution in [0.1, 0.15) is 19.8 Å². The van der Waals surface area contributed by atoms with Gasteiger partial charge in [0.25, 0.3) is 5.95 Å². The number of rotatable bonds is 8. The molecule has 2 aromatic heterocycles. The molecule has 0 aliphatic heterocycles. The predicted molar refractivity (Wildman–Crippen MR) is 75.6 cm³/mol. The van der Waals surface area contributed by atoms with E-state index in [9.17, 15) is 0 Å². The molecular formula is C12H19N7O. The molecule has 0 saturated heterocycles. The summed E-state index contributed by atoms with van der Waals surface area (Å²) in [6, 6.07) is 1.79. The van der Waals surface area contributed by atoms with Crippen LogP contribution >= 0.6 is 0 Å².